The van der Waals surface area contributed by atoms with Crippen LogP contribution < -0.4 is 4.74 Å². The highest BCUT2D eigenvalue weighted by molar-refractivity contribution is 5.36. The van der Waals surface area contributed by atoms with Crippen LogP contribution in [0.25, 0.3) is 0 Å². The first-order chi connectivity index (χ1) is 9.40. The van der Waals surface area contributed by atoms with Gasteiger partial charge in [0.25, 0.3) is 0 Å². The van der Waals surface area contributed by atoms with E-state index in [1.807, 2.05) is 42.5 Å². The average molecular weight is 253 g/mol. The van der Waals surface area contributed by atoms with Gasteiger partial charge in [-0.05, 0) is 30.5 Å². The zero-order valence-corrected chi connectivity index (χ0v) is 11.6. The van der Waals surface area contributed by atoms with E-state index in [0.29, 0.717) is 0 Å². The molecule has 2 aromatic rings. The van der Waals surface area contributed by atoms with Gasteiger partial charge in [-0.2, -0.15) is 0 Å². The number of ether oxygens (including phenoxy) is 1. The highest BCUT2D eigenvalue weighted by Crippen LogP contribution is 2.25. The van der Waals surface area contributed by atoms with Crippen LogP contribution in [0.15, 0.2) is 48.5 Å². The topological polar surface area (TPSA) is 9.23 Å². The van der Waals surface area contributed by atoms with Crippen molar-refractivity contribution in [3.05, 3.63) is 60.2 Å². The average Bonchev–Trinajstić information content (AvgIpc) is 2.46. The van der Waals surface area contributed by atoms with Gasteiger partial charge in [0.15, 0.2) is 0 Å². The largest absolute Gasteiger partial charge is 0.456 e. The molecule has 2 aromatic carbocycles. The fourth-order valence-corrected chi connectivity index (χ4v) is 2.10. The Morgan fingerprint density at radius 2 is 1.79 bits per heavy atom. The maximum absolute atomic E-state index is 5.91. The molecule has 0 saturated heterocycles. The lowest BCUT2D eigenvalue weighted by Gasteiger charge is -2.10. The van der Waals surface area contributed by atoms with Crippen LogP contribution in [-0.4, -0.2) is 0 Å². The van der Waals surface area contributed by atoms with Crippen molar-refractivity contribution in [2.24, 2.45) is 0 Å². The van der Waals surface area contributed by atoms with Gasteiger partial charge in [0.1, 0.15) is 11.5 Å². The molecule has 0 spiro atoms. The zero-order valence-electron chi connectivity index (χ0n) is 11.6. The van der Waals surface area contributed by atoms with Gasteiger partial charge in [-0.3, -0.25) is 0 Å². The summed E-state index contributed by atoms with van der Waals surface area (Å²) >= 11 is 0. The number of hydrogen-bond donors (Lipinski definition) is 0. The van der Waals surface area contributed by atoms with E-state index in [-0.39, 0.29) is 0 Å². The molecule has 0 heterocycles. The fraction of sp³-hybridized carbons (Fsp3) is 0.333. The van der Waals surface area contributed by atoms with Gasteiger partial charge in [-0.15, -0.1) is 0 Å². The Labute approximate surface area is 116 Å². The molecule has 0 fully saturated rings. The summed E-state index contributed by atoms with van der Waals surface area (Å²) in [6.45, 7) is 2.24. The second-order valence-electron chi connectivity index (χ2n) is 4.75. The maximum atomic E-state index is 5.91. The molecule has 0 amide bonds. The van der Waals surface area contributed by atoms with Crippen molar-refractivity contribution in [3.8, 4) is 11.5 Å². The molecule has 99 valence electrons. The molecule has 19 heavy (non-hydrogen) atoms. The summed E-state index contributed by atoms with van der Waals surface area (Å²) in [5.74, 6) is 1.74. The second kappa shape index (κ2) is 7.63. The van der Waals surface area contributed by atoms with E-state index in [1.54, 1.807) is 0 Å². The molecule has 0 atom stereocenters. The second-order valence-corrected chi connectivity index (χ2v) is 4.75. The van der Waals surface area contributed by atoms with Crippen LogP contribution in [0.3, 0.4) is 0 Å². The van der Waals surface area contributed by atoms with E-state index in [9.17, 15) is 0 Å². The molecular weight excluding hydrogens is 232 g/mol. The number of rotatable bonds is 7. The molecule has 0 saturated carbocycles. The SMILES string of the molecule is CCCCCCc1ccc[c]c1Oc1ccccc1. The predicted octanol–water partition coefficient (Wildman–Crippen LogP) is 5.40. The van der Waals surface area contributed by atoms with Crippen LogP contribution >= 0.6 is 0 Å². The minimum Gasteiger partial charge on any atom is -0.456 e. The van der Waals surface area contributed by atoms with Gasteiger partial charge in [0.05, 0.1) is 0 Å². The maximum Gasteiger partial charge on any atom is 0.138 e. The van der Waals surface area contributed by atoms with Crippen LogP contribution in [-0.2, 0) is 6.42 Å². The molecular formula is C18H21O. The Kier molecular flexibility index (Phi) is 5.49. The predicted molar refractivity (Wildman–Crippen MR) is 79.6 cm³/mol. The van der Waals surface area contributed by atoms with E-state index in [4.69, 9.17) is 4.74 Å². The van der Waals surface area contributed by atoms with Crippen molar-refractivity contribution in [2.75, 3.05) is 0 Å². The molecule has 0 bridgehead atoms. The summed E-state index contributed by atoms with van der Waals surface area (Å²) in [4.78, 5) is 0. The van der Waals surface area contributed by atoms with Crippen molar-refractivity contribution in [1.29, 1.82) is 0 Å². The van der Waals surface area contributed by atoms with Crippen molar-refractivity contribution in [3.63, 3.8) is 0 Å². The first kappa shape index (κ1) is 13.7. The van der Waals surface area contributed by atoms with Gasteiger partial charge in [-0.25, -0.2) is 0 Å². The fourth-order valence-electron chi connectivity index (χ4n) is 2.10. The lowest BCUT2D eigenvalue weighted by atomic mass is 10.1. The number of para-hydroxylation sites is 2. The van der Waals surface area contributed by atoms with Crippen LogP contribution in [0, 0.1) is 6.07 Å². The Morgan fingerprint density at radius 1 is 0.947 bits per heavy atom. The van der Waals surface area contributed by atoms with E-state index in [1.165, 1.54) is 31.2 Å². The molecule has 0 N–H and O–H groups in total. The summed E-state index contributed by atoms with van der Waals surface area (Å²) in [5.41, 5.74) is 1.25. The number of benzene rings is 2. The summed E-state index contributed by atoms with van der Waals surface area (Å²) in [7, 11) is 0. The van der Waals surface area contributed by atoms with Crippen molar-refractivity contribution in [1.82, 2.24) is 0 Å². The Hall–Kier alpha value is -1.76. The number of unbranched alkanes of at least 4 members (excludes halogenated alkanes) is 3. The standard InChI is InChI=1S/C18H21O/c1-2-3-4-6-11-16-12-9-10-15-18(16)19-17-13-7-5-8-14-17/h5,7-10,12-14H,2-4,6,11H2,1H3. The lowest BCUT2D eigenvalue weighted by Crippen LogP contribution is -1.92. The summed E-state index contributed by atoms with van der Waals surface area (Å²) in [6, 6.07) is 19.2. The third-order valence-corrected chi connectivity index (χ3v) is 3.16. The molecule has 0 aliphatic carbocycles. The summed E-state index contributed by atoms with van der Waals surface area (Å²) in [5, 5.41) is 0. The van der Waals surface area contributed by atoms with E-state index in [0.717, 1.165) is 17.9 Å². The molecule has 1 heteroatoms. The van der Waals surface area contributed by atoms with Gasteiger partial charge >= 0.3 is 0 Å². The normalized spacial score (nSPS) is 10.4. The third-order valence-electron chi connectivity index (χ3n) is 3.16. The van der Waals surface area contributed by atoms with Crippen LogP contribution in [0.4, 0.5) is 0 Å². The quantitative estimate of drug-likeness (QED) is 0.600. The lowest BCUT2D eigenvalue weighted by molar-refractivity contribution is 0.473. The van der Waals surface area contributed by atoms with Crippen molar-refractivity contribution in [2.45, 2.75) is 39.0 Å². The molecule has 2 rings (SSSR count). The Morgan fingerprint density at radius 3 is 2.58 bits per heavy atom. The van der Waals surface area contributed by atoms with Gasteiger partial charge in [0, 0.05) is 6.07 Å². The van der Waals surface area contributed by atoms with Crippen molar-refractivity contribution >= 4 is 0 Å². The Balaban J connectivity index is 2.00. The van der Waals surface area contributed by atoms with Gasteiger partial charge in [0.2, 0.25) is 0 Å². The van der Waals surface area contributed by atoms with Crippen LogP contribution in [0.2, 0.25) is 0 Å². The molecule has 0 aliphatic heterocycles. The number of hydrogen-bond acceptors (Lipinski definition) is 1. The molecule has 1 radical (unpaired) electrons. The molecule has 0 aromatic heterocycles. The van der Waals surface area contributed by atoms with Crippen LogP contribution in [0.1, 0.15) is 38.2 Å². The molecule has 1 nitrogen and oxygen atoms in total. The molecule has 0 unspecified atom stereocenters. The Bertz CT molecular complexity index is 476. The third kappa shape index (κ3) is 4.44. The highest BCUT2D eigenvalue weighted by atomic mass is 16.5. The minimum atomic E-state index is 0.866. The number of aryl methyl sites for hydroxylation is 1. The summed E-state index contributed by atoms with van der Waals surface area (Å²) in [6.07, 6.45) is 6.16. The van der Waals surface area contributed by atoms with E-state index >= 15 is 0 Å². The monoisotopic (exact) mass is 253 g/mol. The van der Waals surface area contributed by atoms with E-state index < -0.39 is 0 Å². The first-order valence-electron chi connectivity index (χ1n) is 7.12. The minimum absolute atomic E-state index is 0.866. The van der Waals surface area contributed by atoms with Gasteiger partial charge in [-0.1, -0.05) is 62.6 Å². The first-order valence-corrected chi connectivity index (χ1v) is 7.12. The zero-order chi connectivity index (χ0) is 13.3. The molecule has 0 aliphatic rings. The van der Waals surface area contributed by atoms with Gasteiger partial charge < -0.3 is 4.74 Å². The highest BCUT2D eigenvalue weighted by Gasteiger charge is 2.04. The van der Waals surface area contributed by atoms with Crippen LogP contribution in [0.5, 0.6) is 11.5 Å². The smallest absolute Gasteiger partial charge is 0.138 e. The van der Waals surface area contributed by atoms with E-state index in [2.05, 4.69) is 19.1 Å². The summed E-state index contributed by atoms with van der Waals surface area (Å²) < 4.78 is 5.91. The van der Waals surface area contributed by atoms with Crippen molar-refractivity contribution < 1.29 is 4.74 Å².